The van der Waals surface area contributed by atoms with Crippen LogP contribution in [-0.2, 0) is 16.2 Å². The Bertz CT molecular complexity index is 603. The first-order valence-corrected chi connectivity index (χ1v) is 7.92. The Hall–Kier alpha value is -1.81. The molecule has 0 aliphatic rings. The molecule has 0 unspecified atom stereocenters. The lowest BCUT2D eigenvalue weighted by molar-refractivity contribution is 0.0600. The summed E-state index contributed by atoms with van der Waals surface area (Å²) in [7, 11) is 1.37. The maximum absolute atomic E-state index is 11.3. The lowest BCUT2D eigenvalue weighted by Crippen LogP contribution is -2.02. The van der Waals surface area contributed by atoms with Crippen molar-refractivity contribution >= 4 is 17.7 Å². The third-order valence-electron chi connectivity index (χ3n) is 3.05. The number of ether oxygens (including phenoxy) is 1. The fraction of sp³-hybridized carbons (Fsp3) is 0.294. The molecule has 0 aliphatic heterocycles. The third kappa shape index (κ3) is 4.60. The van der Waals surface area contributed by atoms with Gasteiger partial charge >= 0.3 is 5.97 Å². The van der Waals surface area contributed by atoms with Gasteiger partial charge in [-0.3, -0.25) is 4.98 Å². The molecule has 1 aromatic carbocycles. The highest BCUT2D eigenvalue weighted by atomic mass is 32.2. The number of pyridine rings is 1. The highest BCUT2D eigenvalue weighted by Gasteiger charge is 2.05. The van der Waals surface area contributed by atoms with Gasteiger partial charge in [0.15, 0.2) is 0 Å². The number of nitrogens with zero attached hydrogens (tertiary/aromatic N) is 1. The highest BCUT2D eigenvalue weighted by Crippen LogP contribution is 2.19. The molecule has 21 heavy (non-hydrogen) atoms. The Balaban J connectivity index is 1.90. The van der Waals surface area contributed by atoms with Crippen LogP contribution in [0.25, 0.3) is 0 Å². The van der Waals surface area contributed by atoms with Gasteiger partial charge in [0.25, 0.3) is 0 Å². The monoisotopic (exact) mass is 301 g/mol. The summed E-state index contributed by atoms with van der Waals surface area (Å²) in [6.45, 7) is 4.24. The summed E-state index contributed by atoms with van der Waals surface area (Å²) >= 11 is 1.82. The minimum Gasteiger partial charge on any atom is -0.465 e. The predicted octanol–water partition coefficient (Wildman–Crippen LogP) is 3.92. The number of hydrogen-bond acceptors (Lipinski definition) is 4. The Morgan fingerprint density at radius 1 is 1.14 bits per heavy atom. The summed E-state index contributed by atoms with van der Waals surface area (Å²) in [5.41, 5.74) is 5.39. The first kappa shape index (κ1) is 15.6. The van der Waals surface area contributed by atoms with E-state index >= 15 is 0 Å². The molecular formula is C17H19NO2S. The van der Waals surface area contributed by atoms with E-state index in [1.54, 1.807) is 12.3 Å². The maximum atomic E-state index is 11.3. The summed E-state index contributed by atoms with van der Waals surface area (Å²) < 4.78 is 4.65. The number of aryl methyl sites for hydroxylation is 2. The van der Waals surface area contributed by atoms with Crippen molar-refractivity contribution in [3.63, 3.8) is 0 Å². The quantitative estimate of drug-likeness (QED) is 0.785. The van der Waals surface area contributed by atoms with Gasteiger partial charge < -0.3 is 4.74 Å². The van der Waals surface area contributed by atoms with Gasteiger partial charge in [-0.15, -0.1) is 0 Å². The van der Waals surface area contributed by atoms with Gasteiger partial charge in [-0.2, -0.15) is 11.8 Å². The number of rotatable bonds is 5. The van der Waals surface area contributed by atoms with Crippen molar-refractivity contribution < 1.29 is 9.53 Å². The van der Waals surface area contributed by atoms with E-state index in [9.17, 15) is 4.79 Å². The summed E-state index contributed by atoms with van der Waals surface area (Å²) in [6.07, 6.45) is 1.57. The van der Waals surface area contributed by atoms with Gasteiger partial charge in [-0.1, -0.05) is 29.3 Å². The molecule has 0 saturated heterocycles. The zero-order valence-electron chi connectivity index (χ0n) is 12.6. The Morgan fingerprint density at radius 3 is 2.43 bits per heavy atom. The molecule has 0 N–H and O–H groups in total. The molecule has 0 radical (unpaired) electrons. The molecule has 4 heteroatoms. The van der Waals surface area contributed by atoms with E-state index in [1.165, 1.54) is 23.8 Å². The molecule has 1 aromatic heterocycles. The SMILES string of the molecule is COC(=O)c1ccc(CSCc2cc(C)cc(C)c2)nc1. The molecule has 1 heterocycles. The molecule has 0 saturated carbocycles. The number of benzene rings is 1. The van der Waals surface area contributed by atoms with Crippen LogP contribution in [0.5, 0.6) is 0 Å². The molecule has 0 fully saturated rings. The summed E-state index contributed by atoms with van der Waals surface area (Å²) in [4.78, 5) is 15.6. The standard InChI is InChI=1S/C17H19NO2S/c1-12-6-13(2)8-14(7-12)10-21-11-16-5-4-15(9-18-16)17(19)20-3/h4-9H,10-11H2,1-3H3. The predicted molar refractivity (Wildman–Crippen MR) is 86.5 cm³/mol. The van der Waals surface area contributed by atoms with E-state index in [1.807, 2.05) is 17.8 Å². The Kier molecular flexibility index (Phi) is 5.39. The van der Waals surface area contributed by atoms with Crippen LogP contribution in [0.3, 0.4) is 0 Å². The normalized spacial score (nSPS) is 10.4. The molecule has 110 valence electrons. The van der Waals surface area contributed by atoms with E-state index in [4.69, 9.17) is 0 Å². The van der Waals surface area contributed by atoms with Gasteiger partial charge in [-0.25, -0.2) is 4.79 Å². The first-order chi connectivity index (χ1) is 10.1. The second kappa shape index (κ2) is 7.27. The van der Waals surface area contributed by atoms with Gasteiger partial charge in [0.2, 0.25) is 0 Å². The average molecular weight is 301 g/mol. The van der Waals surface area contributed by atoms with Crippen molar-refractivity contribution in [2.45, 2.75) is 25.4 Å². The van der Waals surface area contributed by atoms with Crippen LogP contribution in [0.4, 0.5) is 0 Å². The van der Waals surface area contributed by atoms with Crippen LogP contribution in [0.2, 0.25) is 0 Å². The number of carbonyl (C=O) groups excluding carboxylic acids is 1. The lowest BCUT2D eigenvalue weighted by atomic mass is 10.1. The van der Waals surface area contributed by atoms with Crippen molar-refractivity contribution in [3.8, 4) is 0 Å². The molecule has 0 spiro atoms. The summed E-state index contributed by atoms with van der Waals surface area (Å²) in [5.74, 6) is 1.44. The molecule has 0 atom stereocenters. The molecule has 0 aliphatic carbocycles. The zero-order chi connectivity index (χ0) is 15.2. The number of methoxy groups -OCH3 is 1. The second-order valence-corrected chi connectivity index (χ2v) is 6.00. The number of carbonyl (C=O) groups is 1. The molecular weight excluding hydrogens is 282 g/mol. The number of esters is 1. The fourth-order valence-corrected chi connectivity index (χ4v) is 3.06. The smallest absolute Gasteiger partial charge is 0.339 e. The van der Waals surface area contributed by atoms with E-state index in [0.717, 1.165) is 17.2 Å². The number of aromatic nitrogens is 1. The average Bonchev–Trinajstić information content (AvgIpc) is 2.46. The van der Waals surface area contributed by atoms with Gasteiger partial charge in [-0.05, 0) is 31.5 Å². The molecule has 0 bridgehead atoms. The Morgan fingerprint density at radius 2 is 1.86 bits per heavy atom. The van der Waals surface area contributed by atoms with Crippen molar-refractivity contribution in [1.29, 1.82) is 0 Å². The summed E-state index contributed by atoms with van der Waals surface area (Å²) in [6, 6.07) is 10.2. The van der Waals surface area contributed by atoms with Gasteiger partial charge in [0.05, 0.1) is 18.4 Å². The molecule has 2 aromatic rings. The Labute approximate surface area is 129 Å². The van der Waals surface area contributed by atoms with E-state index < -0.39 is 0 Å². The van der Waals surface area contributed by atoms with Crippen molar-refractivity contribution in [2.24, 2.45) is 0 Å². The summed E-state index contributed by atoms with van der Waals surface area (Å²) in [5, 5.41) is 0. The lowest BCUT2D eigenvalue weighted by Gasteiger charge is -2.05. The van der Waals surface area contributed by atoms with Crippen molar-refractivity contribution in [1.82, 2.24) is 4.98 Å². The van der Waals surface area contributed by atoms with Crippen LogP contribution in [0, 0.1) is 13.8 Å². The number of hydrogen-bond donors (Lipinski definition) is 0. The minimum absolute atomic E-state index is 0.350. The fourth-order valence-electron chi connectivity index (χ4n) is 2.17. The van der Waals surface area contributed by atoms with Crippen molar-refractivity contribution in [2.75, 3.05) is 7.11 Å². The van der Waals surface area contributed by atoms with Crippen molar-refractivity contribution in [3.05, 3.63) is 64.5 Å². The van der Waals surface area contributed by atoms with E-state index in [-0.39, 0.29) is 5.97 Å². The first-order valence-electron chi connectivity index (χ1n) is 6.76. The minimum atomic E-state index is -0.350. The van der Waals surface area contributed by atoms with Gasteiger partial charge in [0, 0.05) is 17.7 Å². The third-order valence-corrected chi connectivity index (χ3v) is 4.08. The van der Waals surface area contributed by atoms with Gasteiger partial charge in [0.1, 0.15) is 0 Å². The maximum Gasteiger partial charge on any atom is 0.339 e. The number of thioether (sulfide) groups is 1. The molecule has 3 nitrogen and oxygen atoms in total. The van der Waals surface area contributed by atoms with Crippen LogP contribution in [0.15, 0.2) is 36.5 Å². The molecule has 0 amide bonds. The van der Waals surface area contributed by atoms with Crippen LogP contribution < -0.4 is 0 Å². The molecule has 2 rings (SSSR count). The van der Waals surface area contributed by atoms with Crippen LogP contribution >= 0.6 is 11.8 Å². The topological polar surface area (TPSA) is 39.2 Å². The zero-order valence-corrected chi connectivity index (χ0v) is 13.4. The van der Waals surface area contributed by atoms with Crippen LogP contribution in [0.1, 0.15) is 32.7 Å². The van der Waals surface area contributed by atoms with E-state index in [0.29, 0.717) is 5.56 Å². The highest BCUT2D eigenvalue weighted by molar-refractivity contribution is 7.97. The second-order valence-electron chi connectivity index (χ2n) is 5.02. The van der Waals surface area contributed by atoms with E-state index in [2.05, 4.69) is 41.8 Å². The van der Waals surface area contributed by atoms with Crippen LogP contribution in [-0.4, -0.2) is 18.1 Å². The largest absolute Gasteiger partial charge is 0.465 e.